The minimum absolute atomic E-state index is 0.159. The van der Waals surface area contributed by atoms with Crippen molar-refractivity contribution in [2.45, 2.75) is 19.8 Å². The van der Waals surface area contributed by atoms with Gasteiger partial charge >= 0.3 is 5.97 Å². The maximum absolute atomic E-state index is 12.6. The smallest absolute Gasteiger partial charge is 0.308 e. The molecular formula is C22H24N2O6. The number of rotatable bonds is 5. The van der Waals surface area contributed by atoms with Gasteiger partial charge in [0.25, 0.3) is 11.8 Å². The zero-order chi connectivity index (χ0) is 21.7. The molecule has 8 heteroatoms. The van der Waals surface area contributed by atoms with Crippen LogP contribution in [0.2, 0.25) is 0 Å². The number of benzene rings is 2. The van der Waals surface area contributed by atoms with E-state index in [0.29, 0.717) is 30.9 Å². The van der Waals surface area contributed by atoms with E-state index in [9.17, 15) is 24.6 Å². The topological polar surface area (TPSA) is 116 Å². The molecular weight excluding hydrogens is 388 g/mol. The predicted molar refractivity (Wildman–Crippen MR) is 108 cm³/mol. The summed E-state index contributed by atoms with van der Waals surface area (Å²) in [5.41, 5.74) is 0.650. The fraction of sp³-hybridized carbons (Fsp3) is 0.318. The number of nitrogens with one attached hydrogen (secondary N) is 1. The zero-order valence-corrected chi connectivity index (χ0v) is 16.6. The van der Waals surface area contributed by atoms with E-state index in [1.54, 1.807) is 23.1 Å². The largest absolute Gasteiger partial charge is 0.508 e. The van der Waals surface area contributed by atoms with Crippen LogP contribution in [-0.2, 0) is 4.79 Å². The third kappa shape index (κ3) is 5.50. The molecule has 2 aromatic carbocycles. The van der Waals surface area contributed by atoms with Gasteiger partial charge in [-0.25, -0.2) is 0 Å². The molecule has 0 spiro atoms. The molecule has 30 heavy (non-hydrogen) atoms. The van der Waals surface area contributed by atoms with Crippen molar-refractivity contribution in [3.05, 3.63) is 53.6 Å². The number of amides is 2. The molecule has 1 aliphatic rings. The number of hydrogen-bond acceptors (Lipinski definition) is 6. The van der Waals surface area contributed by atoms with Gasteiger partial charge in [0.1, 0.15) is 17.2 Å². The van der Waals surface area contributed by atoms with Crippen molar-refractivity contribution in [2.75, 3.05) is 19.6 Å². The molecule has 0 bridgehead atoms. The monoisotopic (exact) mass is 412 g/mol. The quantitative estimate of drug-likeness (QED) is 0.513. The zero-order valence-electron chi connectivity index (χ0n) is 16.6. The van der Waals surface area contributed by atoms with E-state index in [0.717, 1.165) is 12.8 Å². The van der Waals surface area contributed by atoms with E-state index in [2.05, 4.69) is 5.32 Å². The highest BCUT2D eigenvalue weighted by Gasteiger charge is 2.24. The number of piperidine rings is 1. The summed E-state index contributed by atoms with van der Waals surface area (Å²) in [5.74, 6) is -0.715. The van der Waals surface area contributed by atoms with E-state index in [-0.39, 0.29) is 34.8 Å². The molecule has 1 fully saturated rings. The predicted octanol–water partition coefficient (Wildman–Crippen LogP) is 2.31. The molecule has 3 rings (SSSR count). The number of aromatic hydroxyl groups is 2. The Bertz CT molecular complexity index is 930. The summed E-state index contributed by atoms with van der Waals surface area (Å²) >= 11 is 0. The molecule has 0 unspecified atom stereocenters. The Morgan fingerprint density at radius 3 is 2.33 bits per heavy atom. The van der Waals surface area contributed by atoms with Gasteiger partial charge in [0, 0.05) is 43.8 Å². The Balaban J connectivity index is 1.49. The maximum Gasteiger partial charge on any atom is 0.308 e. The molecule has 1 aliphatic heterocycles. The third-order valence-electron chi connectivity index (χ3n) is 4.96. The molecule has 158 valence electrons. The second-order valence-corrected chi connectivity index (χ2v) is 7.31. The summed E-state index contributed by atoms with van der Waals surface area (Å²) in [6.45, 7) is 2.83. The Morgan fingerprint density at radius 2 is 1.70 bits per heavy atom. The normalized spacial score (nSPS) is 14.2. The number of carbonyl (C=O) groups excluding carboxylic acids is 3. The third-order valence-corrected chi connectivity index (χ3v) is 4.96. The molecule has 0 saturated carbocycles. The average Bonchev–Trinajstić information content (AvgIpc) is 2.71. The number of phenols is 2. The van der Waals surface area contributed by atoms with Gasteiger partial charge < -0.3 is 25.2 Å². The van der Waals surface area contributed by atoms with Gasteiger partial charge in [-0.1, -0.05) is 6.07 Å². The van der Waals surface area contributed by atoms with Crippen molar-refractivity contribution in [1.82, 2.24) is 10.2 Å². The van der Waals surface area contributed by atoms with Crippen molar-refractivity contribution < 1.29 is 29.3 Å². The van der Waals surface area contributed by atoms with Gasteiger partial charge in [0.15, 0.2) is 0 Å². The second-order valence-electron chi connectivity index (χ2n) is 7.31. The fourth-order valence-corrected chi connectivity index (χ4v) is 3.45. The molecule has 0 aliphatic carbocycles. The molecule has 1 saturated heterocycles. The van der Waals surface area contributed by atoms with Crippen LogP contribution in [0.3, 0.4) is 0 Å². The highest BCUT2D eigenvalue weighted by atomic mass is 16.5. The number of nitrogens with zero attached hydrogens (tertiary/aromatic N) is 1. The summed E-state index contributed by atoms with van der Waals surface area (Å²) in [6.07, 6.45) is 1.45. The number of hydrogen-bond donors (Lipinski definition) is 3. The van der Waals surface area contributed by atoms with Gasteiger partial charge in [0.05, 0.1) is 0 Å². The Kier molecular flexibility index (Phi) is 6.56. The molecule has 0 atom stereocenters. The molecule has 0 radical (unpaired) electrons. The van der Waals surface area contributed by atoms with E-state index >= 15 is 0 Å². The Morgan fingerprint density at radius 1 is 1.03 bits per heavy atom. The first kappa shape index (κ1) is 21.2. The number of phenolic OH excluding ortho intramolecular Hbond substituents is 2. The van der Waals surface area contributed by atoms with Crippen LogP contribution in [0.25, 0.3) is 0 Å². The first-order valence-electron chi connectivity index (χ1n) is 9.71. The van der Waals surface area contributed by atoms with Gasteiger partial charge in [-0.2, -0.15) is 0 Å². The van der Waals surface area contributed by atoms with Gasteiger partial charge in [-0.05, 0) is 49.1 Å². The van der Waals surface area contributed by atoms with Crippen molar-refractivity contribution in [2.24, 2.45) is 5.92 Å². The Hall–Kier alpha value is -3.55. The second kappa shape index (κ2) is 9.30. The Labute approximate surface area is 174 Å². The van der Waals surface area contributed by atoms with Crippen LogP contribution >= 0.6 is 0 Å². The lowest BCUT2D eigenvalue weighted by Gasteiger charge is -2.32. The maximum atomic E-state index is 12.6. The van der Waals surface area contributed by atoms with E-state index in [4.69, 9.17) is 4.74 Å². The standard InChI is InChI=1S/C22H24N2O6/c1-14(25)30-20-4-2-3-16(11-20)21(28)23-13-15-5-7-24(8-6-15)22(29)17-9-18(26)12-19(27)10-17/h2-4,9-12,15,26-27H,5-8,13H2,1H3,(H,23,28). The molecule has 2 amide bonds. The fourth-order valence-electron chi connectivity index (χ4n) is 3.45. The van der Waals surface area contributed by atoms with Crippen LogP contribution in [0.15, 0.2) is 42.5 Å². The van der Waals surface area contributed by atoms with Crippen molar-refractivity contribution in [3.8, 4) is 17.2 Å². The van der Waals surface area contributed by atoms with Gasteiger partial charge in [-0.15, -0.1) is 0 Å². The summed E-state index contributed by atoms with van der Waals surface area (Å²) in [4.78, 5) is 37.7. The average molecular weight is 412 g/mol. The van der Waals surface area contributed by atoms with Gasteiger partial charge in [-0.3, -0.25) is 14.4 Å². The van der Waals surface area contributed by atoms with Crippen LogP contribution in [0.1, 0.15) is 40.5 Å². The van der Waals surface area contributed by atoms with Crippen LogP contribution < -0.4 is 10.1 Å². The van der Waals surface area contributed by atoms with Crippen LogP contribution in [-0.4, -0.2) is 52.5 Å². The summed E-state index contributed by atoms with van der Waals surface area (Å²) in [7, 11) is 0. The highest BCUT2D eigenvalue weighted by Crippen LogP contribution is 2.24. The summed E-state index contributed by atoms with van der Waals surface area (Å²) in [6, 6.07) is 10.3. The number of likely N-dealkylation sites (tertiary alicyclic amines) is 1. The molecule has 1 heterocycles. The van der Waals surface area contributed by atoms with Crippen LogP contribution in [0.5, 0.6) is 17.2 Å². The van der Waals surface area contributed by atoms with E-state index in [1.165, 1.54) is 31.2 Å². The highest BCUT2D eigenvalue weighted by molar-refractivity contribution is 5.95. The SMILES string of the molecule is CC(=O)Oc1cccc(C(=O)NCC2CCN(C(=O)c3cc(O)cc(O)c3)CC2)c1. The molecule has 2 aromatic rings. The van der Waals surface area contributed by atoms with Gasteiger partial charge in [0.2, 0.25) is 0 Å². The number of carbonyl (C=O) groups is 3. The van der Waals surface area contributed by atoms with Crippen LogP contribution in [0.4, 0.5) is 0 Å². The van der Waals surface area contributed by atoms with E-state index < -0.39 is 5.97 Å². The van der Waals surface area contributed by atoms with E-state index in [1.807, 2.05) is 0 Å². The molecule has 3 N–H and O–H groups in total. The number of esters is 1. The van der Waals surface area contributed by atoms with Crippen molar-refractivity contribution >= 4 is 17.8 Å². The molecule has 0 aromatic heterocycles. The first-order chi connectivity index (χ1) is 14.3. The van der Waals surface area contributed by atoms with Crippen molar-refractivity contribution in [3.63, 3.8) is 0 Å². The number of ether oxygens (including phenoxy) is 1. The minimum atomic E-state index is -0.449. The lowest BCUT2D eigenvalue weighted by Crippen LogP contribution is -2.41. The minimum Gasteiger partial charge on any atom is -0.508 e. The van der Waals surface area contributed by atoms with Crippen LogP contribution in [0, 0.1) is 5.92 Å². The molecule has 8 nitrogen and oxygen atoms in total. The summed E-state index contributed by atoms with van der Waals surface area (Å²) in [5, 5.41) is 22.0. The lowest BCUT2D eigenvalue weighted by molar-refractivity contribution is -0.131. The summed E-state index contributed by atoms with van der Waals surface area (Å²) < 4.78 is 5.00. The first-order valence-corrected chi connectivity index (χ1v) is 9.71. The lowest BCUT2D eigenvalue weighted by atomic mass is 9.96. The van der Waals surface area contributed by atoms with Crippen molar-refractivity contribution in [1.29, 1.82) is 0 Å².